The summed E-state index contributed by atoms with van der Waals surface area (Å²) in [6, 6.07) is 9.54. The van der Waals surface area contributed by atoms with E-state index in [9.17, 15) is 9.90 Å². The van der Waals surface area contributed by atoms with Gasteiger partial charge in [-0.2, -0.15) is 0 Å². The van der Waals surface area contributed by atoms with E-state index in [1.165, 1.54) is 12.1 Å². The number of ether oxygens (including phenoxy) is 2. The third kappa shape index (κ3) is 2.45. The summed E-state index contributed by atoms with van der Waals surface area (Å²) in [6.07, 6.45) is 1.55. The van der Waals surface area contributed by atoms with Gasteiger partial charge in [0, 0.05) is 6.07 Å². The van der Waals surface area contributed by atoms with Crippen LogP contribution in [0.4, 0.5) is 0 Å². The molecule has 1 aliphatic heterocycles. The van der Waals surface area contributed by atoms with Crippen molar-refractivity contribution in [1.82, 2.24) is 0 Å². The molecule has 0 fully saturated rings. The van der Waals surface area contributed by atoms with Crippen LogP contribution < -0.4 is 9.47 Å². The van der Waals surface area contributed by atoms with Gasteiger partial charge in [-0.3, -0.25) is 4.79 Å². The molecule has 21 heavy (non-hydrogen) atoms. The molecule has 1 heterocycles. The van der Waals surface area contributed by atoms with Crippen molar-refractivity contribution in [2.75, 3.05) is 7.11 Å². The first kappa shape index (κ1) is 13.5. The van der Waals surface area contributed by atoms with Crippen LogP contribution in [0.5, 0.6) is 17.2 Å². The third-order valence-electron chi connectivity index (χ3n) is 3.15. The largest absolute Gasteiger partial charge is 0.508 e. The number of carbonyl (C=O) groups excluding carboxylic acids is 1. The van der Waals surface area contributed by atoms with E-state index >= 15 is 0 Å². The molecule has 0 amide bonds. The van der Waals surface area contributed by atoms with Crippen molar-refractivity contribution < 1.29 is 19.4 Å². The van der Waals surface area contributed by atoms with Crippen LogP contribution in [0.3, 0.4) is 0 Å². The topological polar surface area (TPSA) is 55.8 Å². The van der Waals surface area contributed by atoms with Crippen LogP contribution in [0.1, 0.15) is 15.9 Å². The second-order valence-corrected chi connectivity index (χ2v) is 4.91. The molecular weight excluding hydrogens is 292 g/mol. The number of rotatable bonds is 2. The van der Waals surface area contributed by atoms with E-state index in [-0.39, 0.29) is 17.3 Å². The van der Waals surface area contributed by atoms with Crippen molar-refractivity contribution in [2.45, 2.75) is 0 Å². The number of Topliss-reactive ketones (excluding diaryl/α,β-unsaturated/α-hetero) is 1. The predicted molar refractivity (Wildman–Crippen MR) is 79.0 cm³/mol. The van der Waals surface area contributed by atoms with Crippen molar-refractivity contribution in [3.63, 3.8) is 0 Å². The van der Waals surface area contributed by atoms with Crippen LogP contribution in [0.2, 0.25) is 5.02 Å². The van der Waals surface area contributed by atoms with E-state index in [2.05, 4.69) is 0 Å². The average Bonchev–Trinajstić information content (AvgIpc) is 2.78. The van der Waals surface area contributed by atoms with Gasteiger partial charge in [0.1, 0.15) is 17.2 Å². The number of phenolic OH excluding ortho intramolecular Hbond substituents is 1. The molecule has 0 saturated carbocycles. The number of halogens is 1. The van der Waals surface area contributed by atoms with Crippen LogP contribution in [0.25, 0.3) is 6.08 Å². The lowest BCUT2D eigenvalue weighted by molar-refractivity contribution is 0.101. The van der Waals surface area contributed by atoms with Crippen molar-refractivity contribution in [1.29, 1.82) is 0 Å². The van der Waals surface area contributed by atoms with Gasteiger partial charge in [0.15, 0.2) is 5.76 Å². The zero-order valence-electron chi connectivity index (χ0n) is 11.1. The number of methoxy groups -OCH3 is 1. The molecule has 0 saturated heterocycles. The summed E-state index contributed by atoms with van der Waals surface area (Å²) >= 11 is 6.02. The highest BCUT2D eigenvalue weighted by molar-refractivity contribution is 6.32. The zero-order chi connectivity index (χ0) is 15.0. The molecule has 3 rings (SSSR count). The fourth-order valence-electron chi connectivity index (χ4n) is 2.07. The Hall–Kier alpha value is -2.46. The van der Waals surface area contributed by atoms with Gasteiger partial charge >= 0.3 is 0 Å². The second-order valence-electron chi connectivity index (χ2n) is 4.51. The molecule has 4 nitrogen and oxygen atoms in total. The molecule has 0 spiro atoms. The number of hydrogen-bond donors (Lipinski definition) is 1. The fourth-order valence-corrected chi connectivity index (χ4v) is 2.30. The van der Waals surface area contributed by atoms with Gasteiger partial charge in [-0.25, -0.2) is 0 Å². The Labute approximate surface area is 126 Å². The first-order chi connectivity index (χ1) is 10.1. The van der Waals surface area contributed by atoms with Crippen LogP contribution in [0.15, 0.2) is 42.2 Å². The molecule has 0 aromatic heterocycles. The van der Waals surface area contributed by atoms with Gasteiger partial charge in [0.25, 0.3) is 0 Å². The SMILES string of the molecule is COc1ccc2c(c1)O/C(=C\c1ccc(O)cc1Cl)C2=O. The smallest absolute Gasteiger partial charge is 0.231 e. The maximum atomic E-state index is 12.3. The Balaban J connectivity index is 1.98. The highest BCUT2D eigenvalue weighted by atomic mass is 35.5. The summed E-state index contributed by atoms with van der Waals surface area (Å²) < 4.78 is 10.7. The Bertz CT molecular complexity index is 765. The molecule has 2 aromatic rings. The lowest BCUT2D eigenvalue weighted by Crippen LogP contribution is -1.98. The number of allylic oxidation sites excluding steroid dienone is 1. The second kappa shape index (κ2) is 5.14. The van der Waals surface area contributed by atoms with Crippen LogP contribution in [0, 0.1) is 0 Å². The van der Waals surface area contributed by atoms with Crippen molar-refractivity contribution in [3.05, 3.63) is 58.3 Å². The summed E-state index contributed by atoms with van der Waals surface area (Å²) in [4.78, 5) is 12.3. The van der Waals surface area contributed by atoms with Crippen molar-refractivity contribution in [3.8, 4) is 17.2 Å². The zero-order valence-corrected chi connectivity index (χ0v) is 11.8. The monoisotopic (exact) mass is 302 g/mol. The molecule has 1 N–H and O–H groups in total. The van der Waals surface area contributed by atoms with E-state index in [4.69, 9.17) is 21.1 Å². The average molecular weight is 303 g/mol. The Kier molecular flexibility index (Phi) is 3.31. The molecule has 0 radical (unpaired) electrons. The van der Waals surface area contributed by atoms with E-state index in [1.807, 2.05) is 0 Å². The first-order valence-corrected chi connectivity index (χ1v) is 6.57. The Morgan fingerprint density at radius 2 is 2.05 bits per heavy atom. The number of fused-ring (bicyclic) bond motifs is 1. The van der Waals surface area contributed by atoms with E-state index in [0.29, 0.717) is 27.6 Å². The molecule has 106 valence electrons. The number of carbonyl (C=O) groups is 1. The summed E-state index contributed by atoms with van der Waals surface area (Å²) in [5.74, 6) is 1.11. The van der Waals surface area contributed by atoms with Gasteiger partial charge in [-0.1, -0.05) is 11.6 Å². The van der Waals surface area contributed by atoms with E-state index in [0.717, 1.165) is 0 Å². The van der Waals surface area contributed by atoms with Gasteiger partial charge in [-0.15, -0.1) is 0 Å². The maximum absolute atomic E-state index is 12.3. The molecule has 0 atom stereocenters. The molecule has 0 bridgehead atoms. The molecule has 1 aliphatic rings. The van der Waals surface area contributed by atoms with Gasteiger partial charge in [0.05, 0.1) is 17.7 Å². The van der Waals surface area contributed by atoms with Crippen LogP contribution in [-0.4, -0.2) is 18.0 Å². The van der Waals surface area contributed by atoms with Gasteiger partial charge < -0.3 is 14.6 Å². The molecule has 5 heteroatoms. The highest BCUT2D eigenvalue weighted by Gasteiger charge is 2.27. The lowest BCUT2D eigenvalue weighted by atomic mass is 10.1. The molecular formula is C16H11ClO4. The van der Waals surface area contributed by atoms with Crippen molar-refractivity contribution in [2.24, 2.45) is 0 Å². The van der Waals surface area contributed by atoms with Gasteiger partial charge in [-0.05, 0) is 42.0 Å². The third-order valence-corrected chi connectivity index (χ3v) is 3.48. The van der Waals surface area contributed by atoms with Crippen LogP contribution >= 0.6 is 11.6 Å². The predicted octanol–water partition coefficient (Wildman–Crippen LogP) is 3.67. The fraction of sp³-hybridized carbons (Fsp3) is 0.0625. The van der Waals surface area contributed by atoms with E-state index < -0.39 is 0 Å². The summed E-state index contributed by atoms with van der Waals surface area (Å²) in [6.45, 7) is 0. The minimum absolute atomic E-state index is 0.0637. The number of benzene rings is 2. The first-order valence-electron chi connectivity index (χ1n) is 6.19. The van der Waals surface area contributed by atoms with Crippen molar-refractivity contribution >= 4 is 23.5 Å². The summed E-state index contributed by atoms with van der Waals surface area (Å²) in [5.41, 5.74) is 1.08. The van der Waals surface area contributed by atoms with Crippen LogP contribution in [-0.2, 0) is 0 Å². The minimum atomic E-state index is -0.211. The van der Waals surface area contributed by atoms with E-state index in [1.54, 1.807) is 37.5 Å². The Morgan fingerprint density at radius 1 is 1.24 bits per heavy atom. The number of phenols is 1. The summed E-state index contributed by atoms with van der Waals surface area (Å²) in [5, 5.41) is 9.67. The normalized spacial score (nSPS) is 15.0. The maximum Gasteiger partial charge on any atom is 0.231 e. The lowest BCUT2D eigenvalue weighted by Gasteiger charge is -2.02. The Morgan fingerprint density at radius 3 is 2.76 bits per heavy atom. The number of hydrogen-bond acceptors (Lipinski definition) is 4. The van der Waals surface area contributed by atoms with Gasteiger partial charge in [0.2, 0.25) is 5.78 Å². The molecule has 0 unspecified atom stereocenters. The molecule has 2 aromatic carbocycles. The number of aromatic hydroxyl groups is 1. The number of ketones is 1. The quantitative estimate of drug-likeness (QED) is 0.860. The standard InChI is InChI=1S/C16H11ClO4/c1-20-11-4-5-12-14(8-11)21-15(16(12)19)6-9-2-3-10(18)7-13(9)17/h2-8,18H,1H3/b15-6-. The highest BCUT2D eigenvalue weighted by Crippen LogP contribution is 2.35. The summed E-state index contributed by atoms with van der Waals surface area (Å²) in [7, 11) is 1.55. The minimum Gasteiger partial charge on any atom is -0.508 e. The molecule has 0 aliphatic carbocycles.